The Bertz CT molecular complexity index is 368. The molecule has 1 aromatic rings. The standard InChI is InChI=1S/C18H29ClO2/c1-2-3-4-5-6-7-8-9-12-17(20)15-21-18-13-10-11-16(19)14-18/h10-11,13-14,17,20H,2-9,12,15H2,1H3. The Morgan fingerprint density at radius 2 is 1.71 bits per heavy atom. The number of aliphatic hydroxyl groups excluding tert-OH is 1. The molecule has 3 heteroatoms. The van der Waals surface area contributed by atoms with E-state index >= 15 is 0 Å². The second-order valence-corrected chi connectivity index (χ2v) is 6.12. The number of rotatable bonds is 12. The third-order valence-corrected chi connectivity index (χ3v) is 3.86. The van der Waals surface area contributed by atoms with Crippen LogP contribution in [0.3, 0.4) is 0 Å². The molecule has 0 saturated heterocycles. The fraction of sp³-hybridized carbons (Fsp3) is 0.667. The van der Waals surface area contributed by atoms with Gasteiger partial charge >= 0.3 is 0 Å². The zero-order valence-electron chi connectivity index (χ0n) is 13.2. The van der Waals surface area contributed by atoms with Crippen molar-refractivity contribution in [1.82, 2.24) is 0 Å². The summed E-state index contributed by atoms with van der Waals surface area (Å²) in [6, 6.07) is 7.29. The van der Waals surface area contributed by atoms with Crippen molar-refractivity contribution < 1.29 is 9.84 Å². The summed E-state index contributed by atoms with van der Waals surface area (Å²) in [6.07, 6.45) is 10.7. The van der Waals surface area contributed by atoms with Crippen LogP contribution in [0.5, 0.6) is 5.75 Å². The molecule has 0 saturated carbocycles. The summed E-state index contributed by atoms with van der Waals surface area (Å²) in [7, 11) is 0. The minimum Gasteiger partial charge on any atom is -0.491 e. The summed E-state index contributed by atoms with van der Waals surface area (Å²) in [5, 5.41) is 10.6. The normalized spacial score (nSPS) is 12.3. The average molecular weight is 313 g/mol. The predicted octanol–water partition coefficient (Wildman–Crippen LogP) is 5.61. The highest BCUT2D eigenvalue weighted by atomic mass is 35.5. The largest absolute Gasteiger partial charge is 0.491 e. The molecule has 21 heavy (non-hydrogen) atoms. The van der Waals surface area contributed by atoms with Crippen LogP contribution in [0.15, 0.2) is 24.3 Å². The molecule has 1 rings (SSSR count). The van der Waals surface area contributed by atoms with Gasteiger partial charge in [0, 0.05) is 5.02 Å². The molecular formula is C18H29ClO2. The average Bonchev–Trinajstić information content (AvgIpc) is 2.48. The number of ether oxygens (including phenoxy) is 1. The van der Waals surface area contributed by atoms with Crippen LogP contribution in [0.1, 0.15) is 64.7 Å². The van der Waals surface area contributed by atoms with Crippen molar-refractivity contribution in [2.45, 2.75) is 70.8 Å². The van der Waals surface area contributed by atoms with Crippen LogP contribution in [-0.4, -0.2) is 17.8 Å². The lowest BCUT2D eigenvalue weighted by Gasteiger charge is -2.12. The van der Waals surface area contributed by atoms with Gasteiger partial charge in [-0.05, 0) is 24.6 Å². The maximum absolute atomic E-state index is 9.89. The van der Waals surface area contributed by atoms with Crippen LogP contribution in [-0.2, 0) is 0 Å². The minimum absolute atomic E-state index is 0.344. The zero-order chi connectivity index (χ0) is 15.3. The zero-order valence-corrected chi connectivity index (χ0v) is 13.9. The predicted molar refractivity (Wildman–Crippen MR) is 90.2 cm³/mol. The highest BCUT2D eigenvalue weighted by Crippen LogP contribution is 2.18. The summed E-state index contributed by atoms with van der Waals surface area (Å²) in [4.78, 5) is 0. The molecule has 0 aliphatic carbocycles. The monoisotopic (exact) mass is 312 g/mol. The van der Waals surface area contributed by atoms with E-state index in [2.05, 4.69) is 6.92 Å². The molecule has 0 aliphatic rings. The maximum atomic E-state index is 9.89. The van der Waals surface area contributed by atoms with Gasteiger partial charge in [0.25, 0.3) is 0 Å². The van der Waals surface area contributed by atoms with Crippen LogP contribution < -0.4 is 4.74 Å². The Morgan fingerprint density at radius 3 is 2.38 bits per heavy atom. The lowest BCUT2D eigenvalue weighted by molar-refractivity contribution is 0.0975. The van der Waals surface area contributed by atoms with Gasteiger partial charge in [0.15, 0.2) is 0 Å². The van der Waals surface area contributed by atoms with E-state index in [4.69, 9.17) is 16.3 Å². The van der Waals surface area contributed by atoms with Crippen molar-refractivity contribution in [3.05, 3.63) is 29.3 Å². The highest BCUT2D eigenvalue weighted by Gasteiger charge is 2.05. The van der Waals surface area contributed by atoms with Crippen LogP contribution in [0.2, 0.25) is 5.02 Å². The molecule has 1 unspecified atom stereocenters. The third-order valence-electron chi connectivity index (χ3n) is 3.63. The number of halogens is 1. The summed E-state index contributed by atoms with van der Waals surface area (Å²) in [5.74, 6) is 0.720. The van der Waals surface area contributed by atoms with Crippen molar-refractivity contribution >= 4 is 11.6 Å². The summed E-state index contributed by atoms with van der Waals surface area (Å²) in [5.41, 5.74) is 0. The van der Waals surface area contributed by atoms with Crippen molar-refractivity contribution in [3.63, 3.8) is 0 Å². The molecule has 1 aromatic carbocycles. The van der Waals surface area contributed by atoms with E-state index in [0.29, 0.717) is 11.6 Å². The first-order valence-electron chi connectivity index (χ1n) is 8.28. The van der Waals surface area contributed by atoms with Gasteiger partial charge in [0.2, 0.25) is 0 Å². The minimum atomic E-state index is -0.385. The van der Waals surface area contributed by atoms with E-state index in [1.165, 1.54) is 44.9 Å². The smallest absolute Gasteiger partial charge is 0.120 e. The molecule has 0 amide bonds. The first-order chi connectivity index (χ1) is 10.2. The van der Waals surface area contributed by atoms with Gasteiger partial charge in [0.05, 0.1) is 6.10 Å². The molecule has 2 nitrogen and oxygen atoms in total. The van der Waals surface area contributed by atoms with Gasteiger partial charge in [-0.15, -0.1) is 0 Å². The Kier molecular flexibility index (Phi) is 10.4. The quantitative estimate of drug-likeness (QED) is 0.508. The molecular weight excluding hydrogens is 284 g/mol. The molecule has 1 N–H and O–H groups in total. The molecule has 0 heterocycles. The number of hydrogen-bond acceptors (Lipinski definition) is 2. The molecule has 0 fully saturated rings. The van der Waals surface area contributed by atoms with E-state index in [1.807, 2.05) is 18.2 Å². The molecule has 0 aromatic heterocycles. The second kappa shape index (κ2) is 11.9. The Morgan fingerprint density at radius 1 is 1.05 bits per heavy atom. The molecule has 0 aliphatic heterocycles. The number of hydrogen-bond donors (Lipinski definition) is 1. The van der Waals surface area contributed by atoms with E-state index in [9.17, 15) is 5.11 Å². The van der Waals surface area contributed by atoms with Crippen LogP contribution in [0, 0.1) is 0 Å². The van der Waals surface area contributed by atoms with E-state index in [0.717, 1.165) is 18.6 Å². The number of aliphatic hydroxyl groups is 1. The first kappa shape index (κ1) is 18.3. The second-order valence-electron chi connectivity index (χ2n) is 5.69. The topological polar surface area (TPSA) is 29.5 Å². The van der Waals surface area contributed by atoms with Gasteiger partial charge in [-0.2, -0.15) is 0 Å². The van der Waals surface area contributed by atoms with E-state index in [-0.39, 0.29) is 6.10 Å². The lowest BCUT2D eigenvalue weighted by Crippen LogP contribution is -2.17. The molecule has 0 spiro atoms. The fourth-order valence-corrected chi connectivity index (χ4v) is 2.53. The molecule has 0 radical (unpaired) electrons. The van der Waals surface area contributed by atoms with Crippen molar-refractivity contribution in [1.29, 1.82) is 0 Å². The highest BCUT2D eigenvalue weighted by molar-refractivity contribution is 6.30. The Labute approximate surface area is 134 Å². The van der Waals surface area contributed by atoms with Gasteiger partial charge < -0.3 is 9.84 Å². The number of unbranched alkanes of at least 4 members (excludes halogenated alkanes) is 7. The SMILES string of the molecule is CCCCCCCCCCC(O)COc1cccc(Cl)c1. The molecule has 120 valence electrons. The number of benzene rings is 1. The third kappa shape index (κ3) is 9.76. The van der Waals surface area contributed by atoms with Gasteiger partial charge in [-0.25, -0.2) is 0 Å². The van der Waals surface area contributed by atoms with Crippen molar-refractivity contribution in [2.75, 3.05) is 6.61 Å². The van der Waals surface area contributed by atoms with E-state index in [1.54, 1.807) is 6.07 Å². The van der Waals surface area contributed by atoms with Gasteiger partial charge in [-0.1, -0.05) is 76.0 Å². The lowest BCUT2D eigenvalue weighted by atomic mass is 10.1. The Balaban J connectivity index is 1.97. The van der Waals surface area contributed by atoms with Crippen LogP contribution in [0.25, 0.3) is 0 Å². The summed E-state index contributed by atoms with van der Waals surface area (Å²) < 4.78 is 5.54. The maximum Gasteiger partial charge on any atom is 0.120 e. The van der Waals surface area contributed by atoms with Crippen molar-refractivity contribution in [3.8, 4) is 5.75 Å². The fourth-order valence-electron chi connectivity index (χ4n) is 2.35. The summed E-state index contributed by atoms with van der Waals surface area (Å²) >= 11 is 5.88. The Hall–Kier alpha value is -0.730. The molecule has 1 atom stereocenters. The van der Waals surface area contributed by atoms with Gasteiger partial charge in [0.1, 0.15) is 12.4 Å². The van der Waals surface area contributed by atoms with Crippen LogP contribution >= 0.6 is 11.6 Å². The van der Waals surface area contributed by atoms with Crippen LogP contribution in [0.4, 0.5) is 0 Å². The summed E-state index contributed by atoms with van der Waals surface area (Å²) in [6.45, 7) is 2.59. The van der Waals surface area contributed by atoms with Gasteiger partial charge in [-0.3, -0.25) is 0 Å². The van der Waals surface area contributed by atoms with E-state index < -0.39 is 0 Å². The first-order valence-corrected chi connectivity index (χ1v) is 8.66. The molecule has 0 bridgehead atoms. The van der Waals surface area contributed by atoms with Crippen molar-refractivity contribution in [2.24, 2.45) is 0 Å².